The van der Waals surface area contributed by atoms with Crippen LogP contribution in [0.4, 0.5) is 0 Å². The van der Waals surface area contributed by atoms with Gasteiger partial charge in [0.2, 0.25) is 0 Å². The maximum absolute atomic E-state index is 12.5. The molecule has 0 spiro atoms. The summed E-state index contributed by atoms with van der Waals surface area (Å²) < 4.78 is 5.09. The molecule has 0 bridgehead atoms. The molecule has 4 nitrogen and oxygen atoms in total. The molecule has 0 saturated heterocycles. The molecule has 2 rings (SSSR count). The monoisotopic (exact) mass is 312 g/mol. The van der Waals surface area contributed by atoms with Crippen LogP contribution in [0.1, 0.15) is 53.7 Å². The summed E-state index contributed by atoms with van der Waals surface area (Å²) in [6.07, 6.45) is 6.64. The van der Waals surface area contributed by atoms with Crippen molar-refractivity contribution in [3.63, 3.8) is 0 Å². The van der Waals surface area contributed by atoms with Gasteiger partial charge in [0.1, 0.15) is 0 Å². The number of carbonyl (C=O) groups is 1. The van der Waals surface area contributed by atoms with E-state index in [4.69, 9.17) is 4.74 Å². The van der Waals surface area contributed by atoms with E-state index in [9.17, 15) is 4.79 Å². The van der Waals surface area contributed by atoms with Crippen molar-refractivity contribution in [3.05, 3.63) is 65.5 Å². The number of nitrogens with one attached hydrogen (secondary N) is 1. The summed E-state index contributed by atoms with van der Waals surface area (Å²) in [5.74, 6) is -0.0566. The van der Waals surface area contributed by atoms with E-state index in [0.717, 1.165) is 30.4 Å². The summed E-state index contributed by atoms with van der Waals surface area (Å²) >= 11 is 0. The van der Waals surface area contributed by atoms with Crippen molar-refractivity contribution in [1.29, 1.82) is 0 Å². The van der Waals surface area contributed by atoms with E-state index in [1.165, 1.54) is 0 Å². The van der Waals surface area contributed by atoms with E-state index < -0.39 is 0 Å². The minimum absolute atomic E-state index is 0.00481. The molecule has 122 valence electrons. The lowest BCUT2D eigenvalue weighted by Crippen LogP contribution is -2.28. The average molecular weight is 312 g/mol. The fourth-order valence-electron chi connectivity index (χ4n) is 2.47. The Morgan fingerprint density at radius 2 is 2.04 bits per heavy atom. The first-order valence-corrected chi connectivity index (χ1v) is 8.03. The van der Waals surface area contributed by atoms with Crippen LogP contribution in [-0.4, -0.2) is 18.0 Å². The van der Waals surface area contributed by atoms with Gasteiger partial charge in [-0.25, -0.2) is 0 Å². The Kier molecular flexibility index (Phi) is 6.76. The second kappa shape index (κ2) is 9.06. The quantitative estimate of drug-likeness (QED) is 0.804. The predicted octanol–water partition coefficient (Wildman–Crippen LogP) is 3.89. The number of amides is 1. The first-order valence-electron chi connectivity index (χ1n) is 8.03. The van der Waals surface area contributed by atoms with Crippen molar-refractivity contribution >= 4 is 5.91 Å². The van der Waals surface area contributed by atoms with Crippen molar-refractivity contribution in [2.75, 3.05) is 7.11 Å². The molecule has 0 aliphatic carbocycles. The second-order valence-electron chi connectivity index (χ2n) is 5.58. The van der Waals surface area contributed by atoms with Crippen molar-refractivity contribution in [3.8, 4) is 0 Å². The first kappa shape index (κ1) is 17.2. The molecule has 1 N–H and O–H groups in total. The lowest BCUT2D eigenvalue weighted by atomic mass is 10.0. The zero-order chi connectivity index (χ0) is 16.5. The molecule has 0 radical (unpaired) electrons. The van der Waals surface area contributed by atoms with Crippen LogP contribution in [0.3, 0.4) is 0 Å². The maximum Gasteiger partial charge on any atom is 0.251 e. The SMILES string of the molecule is CCCC[C@@H](NC(=O)c1ccc(COC)cc1)c1cccnc1. The molecular formula is C19H24N2O2. The van der Waals surface area contributed by atoms with E-state index in [1.807, 2.05) is 42.6 Å². The van der Waals surface area contributed by atoms with Gasteiger partial charge in [0, 0.05) is 25.1 Å². The van der Waals surface area contributed by atoms with Crippen molar-refractivity contribution in [1.82, 2.24) is 10.3 Å². The zero-order valence-corrected chi connectivity index (χ0v) is 13.8. The average Bonchev–Trinajstić information content (AvgIpc) is 2.60. The molecule has 23 heavy (non-hydrogen) atoms. The summed E-state index contributed by atoms with van der Waals surface area (Å²) in [6, 6.07) is 11.4. The summed E-state index contributed by atoms with van der Waals surface area (Å²) in [5.41, 5.74) is 2.76. The number of hydrogen-bond acceptors (Lipinski definition) is 3. The van der Waals surface area contributed by atoms with Gasteiger partial charge in [0.05, 0.1) is 12.6 Å². The highest BCUT2D eigenvalue weighted by Crippen LogP contribution is 2.19. The highest BCUT2D eigenvalue weighted by Gasteiger charge is 2.15. The van der Waals surface area contributed by atoms with E-state index in [-0.39, 0.29) is 11.9 Å². The second-order valence-corrected chi connectivity index (χ2v) is 5.58. The molecule has 2 aromatic rings. The van der Waals surface area contributed by atoms with Gasteiger partial charge in [-0.3, -0.25) is 9.78 Å². The summed E-state index contributed by atoms with van der Waals surface area (Å²) in [7, 11) is 1.66. The molecule has 0 unspecified atom stereocenters. The minimum Gasteiger partial charge on any atom is -0.380 e. The number of hydrogen-bond donors (Lipinski definition) is 1. The Balaban J connectivity index is 2.07. The van der Waals surface area contributed by atoms with Crippen molar-refractivity contribution in [2.24, 2.45) is 0 Å². The molecule has 4 heteroatoms. The Labute approximate surface area is 137 Å². The normalized spacial score (nSPS) is 11.9. The number of carbonyl (C=O) groups excluding carboxylic acids is 1. The van der Waals surface area contributed by atoms with E-state index in [0.29, 0.717) is 12.2 Å². The predicted molar refractivity (Wildman–Crippen MR) is 91.1 cm³/mol. The number of unbranched alkanes of at least 4 members (excludes halogenated alkanes) is 1. The Morgan fingerprint density at radius 1 is 1.26 bits per heavy atom. The van der Waals surface area contributed by atoms with Gasteiger partial charge in [-0.15, -0.1) is 0 Å². The molecule has 1 aromatic heterocycles. The van der Waals surface area contributed by atoms with Crippen LogP contribution in [0.5, 0.6) is 0 Å². The molecule has 1 amide bonds. The highest BCUT2D eigenvalue weighted by atomic mass is 16.5. The van der Waals surface area contributed by atoms with Crippen LogP contribution < -0.4 is 5.32 Å². The molecule has 0 fully saturated rings. The van der Waals surface area contributed by atoms with Crippen LogP contribution in [0.15, 0.2) is 48.8 Å². The number of pyridine rings is 1. The van der Waals surface area contributed by atoms with Gasteiger partial charge in [0.15, 0.2) is 0 Å². The lowest BCUT2D eigenvalue weighted by molar-refractivity contribution is 0.0934. The molecule has 0 aliphatic rings. The molecule has 1 aromatic carbocycles. The van der Waals surface area contributed by atoms with Gasteiger partial charge in [-0.2, -0.15) is 0 Å². The number of rotatable bonds is 8. The van der Waals surface area contributed by atoms with Gasteiger partial charge in [-0.1, -0.05) is 38.0 Å². The molecule has 0 aliphatic heterocycles. The topological polar surface area (TPSA) is 51.2 Å². The first-order chi connectivity index (χ1) is 11.2. The third-order valence-electron chi connectivity index (χ3n) is 3.77. The summed E-state index contributed by atoms with van der Waals surface area (Å²) in [6.45, 7) is 2.70. The summed E-state index contributed by atoms with van der Waals surface area (Å²) in [5, 5.41) is 3.13. The smallest absolute Gasteiger partial charge is 0.251 e. The zero-order valence-electron chi connectivity index (χ0n) is 13.8. The fraction of sp³-hybridized carbons (Fsp3) is 0.368. The molecule has 1 heterocycles. The number of nitrogens with zero attached hydrogens (tertiary/aromatic N) is 1. The van der Waals surface area contributed by atoms with Crippen LogP contribution in [0, 0.1) is 0 Å². The third kappa shape index (κ3) is 5.18. The number of methoxy groups -OCH3 is 1. The molecule has 0 saturated carbocycles. The Hall–Kier alpha value is -2.20. The highest BCUT2D eigenvalue weighted by molar-refractivity contribution is 5.94. The van der Waals surface area contributed by atoms with Crippen LogP contribution in [0.2, 0.25) is 0 Å². The van der Waals surface area contributed by atoms with E-state index in [1.54, 1.807) is 13.3 Å². The van der Waals surface area contributed by atoms with Gasteiger partial charge in [-0.05, 0) is 35.7 Å². The van der Waals surface area contributed by atoms with Crippen molar-refractivity contribution in [2.45, 2.75) is 38.8 Å². The Morgan fingerprint density at radius 3 is 2.65 bits per heavy atom. The third-order valence-corrected chi connectivity index (χ3v) is 3.77. The minimum atomic E-state index is -0.0566. The van der Waals surface area contributed by atoms with Crippen molar-refractivity contribution < 1.29 is 9.53 Å². The standard InChI is InChI=1S/C19H24N2O2/c1-3-4-7-18(17-6-5-12-20-13-17)21-19(22)16-10-8-15(9-11-16)14-23-2/h5-6,8-13,18H,3-4,7,14H2,1-2H3,(H,21,22)/t18-/m1/s1. The van der Waals surface area contributed by atoms with Crippen LogP contribution in [0.25, 0.3) is 0 Å². The van der Waals surface area contributed by atoms with Crippen LogP contribution >= 0.6 is 0 Å². The van der Waals surface area contributed by atoms with Crippen LogP contribution in [-0.2, 0) is 11.3 Å². The maximum atomic E-state index is 12.5. The lowest BCUT2D eigenvalue weighted by Gasteiger charge is -2.19. The Bertz CT molecular complexity index is 597. The van der Waals surface area contributed by atoms with Gasteiger partial charge >= 0.3 is 0 Å². The largest absolute Gasteiger partial charge is 0.380 e. The van der Waals surface area contributed by atoms with E-state index >= 15 is 0 Å². The number of aromatic nitrogens is 1. The molecular weight excluding hydrogens is 288 g/mol. The van der Waals surface area contributed by atoms with E-state index in [2.05, 4.69) is 17.2 Å². The molecule has 1 atom stereocenters. The number of ether oxygens (including phenoxy) is 1. The fourth-order valence-corrected chi connectivity index (χ4v) is 2.47. The summed E-state index contributed by atoms with van der Waals surface area (Å²) in [4.78, 5) is 16.7. The number of benzene rings is 1. The van der Waals surface area contributed by atoms with Gasteiger partial charge < -0.3 is 10.1 Å². The van der Waals surface area contributed by atoms with Gasteiger partial charge in [0.25, 0.3) is 5.91 Å².